The Hall–Kier alpha value is -3.00. The summed E-state index contributed by atoms with van der Waals surface area (Å²) in [7, 11) is 1.86. The Morgan fingerprint density at radius 3 is 2.69 bits per heavy atom. The Bertz CT molecular complexity index is 1020. The molecule has 2 aliphatic heterocycles. The number of nitrogens with zero attached hydrogens (tertiary/aromatic N) is 6. The lowest BCUT2D eigenvalue weighted by Gasteiger charge is -2.32. The molecule has 1 fully saturated rings. The number of rotatable bonds is 3. The Morgan fingerprint density at radius 1 is 1.10 bits per heavy atom. The Morgan fingerprint density at radius 2 is 1.90 bits per heavy atom. The zero-order valence-electron chi connectivity index (χ0n) is 16.6. The van der Waals surface area contributed by atoms with E-state index >= 15 is 0 Å². The molecule has 2 aromatic heterocycles. The summed E-state index contributed by atoms with van der Waals surface area (Å²) in [4.78, 5) is 15.2. The predicted octanol–water partition coefficient (Wildman–Crippen LogP) is 1.80. The van der Waals surface area contributed by atoms with Gasteiger partial charge in [-0.05, 0) is 12.8 Å². The Balaban J connectivity index is 1.32. The van der Waals surface area contributed by atoms with Crippen molar-refractivity contribution in [3.8, 4) is 11.3 Å². The molecular formula is C21H25N7O. The molecule has 0 aliphatic carbocycles. The fourth-order valence-electron chi connectivity index (χ4n) is 4.38. The molecule has 0 unspecified atom stereocenters. The van der Waals surface area contributed by atoms with Gasteiger partial charge in [-0.15, -0.1) is 10.2 Å². The minimum absolute atomic E-state index is 0.0582. The van der Waals surface area contributed by atoms with Gasteiger partial charge in [-0.25, -0.2) is 0 Å². The molecule has 8 heteroatoms. The van der Waals surface area contributed by atoms with Crippen LogP contribution in [0, 0.1) is 0 Å². The maximum Gasteiger partial charge on any atom is 0.257 e. The average molecular weight is 391 g/mol. The molecule has 1 aromatic carbocycles. The molecular weight excluding hydrogens is 366 g/mol. The highest BCUT2D eigenvalue weighted by Gasteiger charge is 2.30. The summed E-state index contributed by atoms with van der Waals surface area (Å²) < 4.78 is 3.98. The SMILES string of the molecule is Cn1cc(C(=O)N2CCC(c3nnc4n3CCNC4)CC2)c(-c2ccccc2)n1. The van der Waals surface area contributed by atoms with E-state index in [1.165, 1.54) is 0 Å². The van der Waals surface area contributed by atoms with Crippen molar-refractivity contribution in [2.75, 3.05) is 19.6 Å². The Labute approximate surface area is 169 Å². The van der Waals surface area contributed by atoms with E-state index in [2.05, 4.69) is 25.2 Å². The molecule has 4 heterocycles. The molecule has 0 saturated carbocycles. The maximum atomic E-state index is 13.3. The van der Waals surface area contributed by atoms with Gasteiger partial charge in [-0.3, -0.25) is 9.48 Å². The van der Waals surface area contributed by atoms with Crippen LogP contribution in [0.25, 0.3) is 11.3 Å². The highest BCUT2D eigenvalue weighted by atomic mass is 16.2. The second-order valence-corrected chi connectivity index (χ2v) is 7.80. The summed E-state index contributed by atoms with van der Waals surface area (Å²) in [5.74, 6) is 2.52. The fourth-order valence-corrected chi connectivity index (χ4v) is 4.38. The highest BCUT2D eigenvalue weighted by Crippen LogP contribution is 2.30. The topological polar surface area (TPSA) is 80.9 Å². The number of likely N-dealkylation sites (tertiary alicyclic amines) is 1. The molecule has 0 bridgehead atoms. The molecule has 8 nitrogen and oxygen atoms in total. The molecule has 0 atom stereocenters. The second kappa shape index (κ2) is 7.44. The van der Waals surface area contributed by atoms with Crippen LogP contribution in [0.5, 0.6) is 0 Å². The molecule has 150 valence electrons. The third-order valence-electron chi connectivity index (χ3n) is 5.91. The molecule has 3 aromatic rings. The van der Waals surface area contributed by atoms with Crippen LogP contribution in [-0.4, -0.2) is 55.0 Å². The van der Waals surface area contributed by atoms with Crippen LogP contribution in [0.1, 0.15) is 40.8 Å². The standard InChI is InChI=1S/C21H25N7O/c1-26-14-17(19(25-26)15-5-3-2-4-6-15)21(29)27-10-7-16(8-11-27)20-24-23-18-13-22-9-12-28(18)20/h2-6,14,16,22H,7-13H2,1H3. The minimum atomic E-state index is 0.0582. The Kier molecular flexibility index (Phi) is 4.63. The summed E-state index contributed by atoms with van der Waals surface area (Å²) in [6.45, 7) is 4.12. The quantitative estimate of drug-likeness (QED) is 0.736. The number of piperidine rings is 1. The third-order valence-corrected chi connectivity index (χ3v) is 5.91. The zero-order chi connectivity index (χ0) is 19.8. The smallest absolute Gasteiger partial charge is 0.257 e. The van der Waals surface area contributed by atoms with Crippen molar-refractivity contribution in [2.45, 2.75) is 31.8 Å². The molecule has 1 N–H and O–H groups in total. The van der Waals surface area contributed by atoms with Crippen molar-refractivity contribution < 1.29 is 4.79 Å². The van der Waals surface area contributed by atoms with E-state index in [4.69, 9.17) is 0 Å². The van der Waals surface area contributed by atoms with Gasteiger partial charge in [0.2, 0.25) is 0 Å². The normalized spacial score (nSPS) is 17.3. The lowest BCUT2D eigenvalue weighted by atomic mass is 9.95. The lowest BCUT2D eigenvalue weighted by Crippen LogP contribution is -2.39. The molecule has 29 heavy (non-hydrogen) atoms. The van der Waals surface area contributed by atoms with Crippen LogP contribution in [0.2, 0.25) is 0 Å². The van der Waals surface area contributed by atoms with Gasteiger partial charge in [0.1, 0.15) is 17.3 Å². The lowest BCUT2D eigenvalue weighted by molar-refractivity contribution is 0.0710. The highest BCUT2D eigenvalue weighted by molar-refractivity contribution is 5.99. The number of fused-ring (bicyclic) bond motifs is 1. The molecule has 0 radical (unpaired) electrons. The zero-order valence-corrected chi connectivity index (χ0v) is 16.6. The first kappa shape index (κ1) is 18.1. The predicted molar refractivity (Wildman–Crippen MR) is 108 cm³/mol. The molecule has 1 saturated heterocycles. The fraction of sp³-hybridized carbons (Fsp3) is 0.429. The van der Waals surface area contributed by atoms with Crippen LogP contribution in [0.4, 0.5) is 0 Å². The van der Waals surface area contributed by atoms with Crippen LogP contribution in [0.15, 0.2) is 36.5 Å². The van der Waals surface area contributed by atoms with Crippen LogP contribution < -0.4 is 5.32 Å². The average Bonchev–Trinajstić information content (AvgIpc) is 3.38. The number of carbonyl (C=O) groups excluding carboxylic acids is 1. The van der Waals surface area contributed by atoms with Crippen molar-refractivity contribution >= 4 is 5.91 Å². The van der Waals surface area contributed by atoms with Crippen molar-refractivity contribution in [1.29, 1.82) is 0 Å². The van der Waals surface area contributed by atoms with Gasteiger partial charge in [0.05, 0.1) is 12.1 Å². The number of aromatic nitrogens is 5. The summed E-state index contributed by atoms with van der Waals surface area (Å²) in [5.41, 5.74) is 2.39. The number of hydrogen-bond donors (Lipinski definition) is 1. The summed E-state index contributed by atoms with van der Waals surface area (Å²) >= 11 is 0. The van der Waals surface area contributed by atoms with Gasteiger partial charge in [0.25, 0.3) is 5.91 Å². The number of hydrogen-bond acceptors (Lipinski definition) is 5. The van der Waals surface area contributed by atoms with Crippen LogP contribution >= 0.6 is 0 Å². The summed E-state index contributed by atoms with van der Waals surface area (Å²) in [5, 5.41) is 16.7. The largest absolute Gasteiger partial charge is 0.338 e. The van der Waals surface area contributed by atoms with Crippen molar-refractivity contribution in [1.82, 2.24) is 34.8 Å². The summed E-state index contributed by atoms with van der Waals surface area (Å²) in [6, 6.07) is 9.90. The molecule has 1 amide bonds. The number of benzene rings is 1. The van der Waals surface area contributed by atoms with Crippen molar-refractivity contribution in [2.24, 2.45) is 7.05 Å². The van der Waals surface area contributed by atoms with Gasteiger partial charge in [0, 0.05) is 50.9 Å². The van der Waals surface area contributed by atoms with Gasteiger partial charge in [-0.2, -0.15) is 5.10 Å². The first-order chi connectivity index (χ1) is 14.2. The molecule has 5 rings (SSSR count). The minimum Gasteiger partial charge on any atom is -0.338 e. The van der Waals surface area contributed by atoms with Gasteiger partial charge in [0.15, 0.2) is 0 Å². The van der Waals surface area contributed by atoms with Gasteiger partial charge >= 0.3 is 0 Å². The van der Waals surface area contributed by atoms with Crippen molar-refractivity contribution in [3.05, 3.63) is 53.7 Å². The maximum absolute atomic E-state index is 13.3. The first-order valence-corrected chi connectivity index (χ1v) is 10.2. The van der Waals surface area contributed by atoms with E-state index in [-0.39, 0.29) is 5.91 Å². The number of carbonyl (C=O) groups is 1. The number of aryl methyl sites for hydroxylation is 1. The second-order valence-electron chi connectivity index (χ2n) is 7.80. The van der Waals surface area contributed by atoms with Crippen LogP contribution in [0.3, 0.4) is 0 Å². The molecule has 0 spiro atoms. The first-order valence-electron chi connectivity index (χ1n) is 10.2. The van der Waals surface area contributed by atoms with Crippen LogP contribution in [-0.2, 0) is 20.1 Å². The van der Waals surface area contributed by atoms with E-state index in [9.17, 15) is 4.79 Å². The van der Waals surface area contributed by atoms with Gasteiger partial charge < -0.3 is 14.8 Å². The number of amides is 1. The third kappa shape index (κ3) is 3.33. The number of nitrogens with one attached hydrogen (secondary N) is 1. The summed E-state index contributed by atoms with van der Waals surface area (Å²) in [6.07, 6.45) is 3.66. The molecule has 2 aliphatic rings. The van der Waals surface area contributed by atoms with Gasteiger partial charge in [-0.1, -0.05) is 30.3 Å². The van der Waals surface area contributed by atoms with E-state index in [1.54, 1.807) is 4.68 Å². The van der Waals surface area contributed by atoms with E-state index in [0.29, 0.717) is 11.5 Å². The van der Waals surface area contributed by atoms with E-state index in [1.807, 2.05) is 48.5 Å². The van der Waals surface area contributed by atoms with E-state index < -0.39 is 0 Å². The van der Waals surface area contributed by atoms with E-state index in [0.717, 1.165) is 68.5 Å². The monoisotopic (exact) mass is 391 g/mol. The van der Waals surface area contributed by atoms with Crippen molar-refractivity contribution in [3.63, 3.8) is 0 Å².